The first-order valence-corrected chi connectivity index (χ1v) is 6.83. The lowest BCUT2D eigenvalue weighted by Crippen LogP contribution is -2.13. The van der Waals surface area contributed by atoms with Crippen LogP contribution in [0.5, 0.6) is 0 Å². The number of hydrogen-bond donors (Lipinski definition) is 1. The number of aryl methyl sites for hydroxylation is 1. The van der Waals surface area contributed by atoms with Crippen molar-refractivity contribution in [2.45, 2.75) is 32.1 Å². The Morgan fingerprint density at radius 1 is 1.47 bits per heavy atom. The van der Waals surface area contributed by atoms with Crippen molar-refractivity contribution in [1.29, 1.82) is 5.26 Å². The topological polar surface area (TPSA) is 66.9 Å². The second-order valence-electron chi connectivity index (χ2n) is 4.82. The monoisotopic (exact) mass is 250 g/mol. The van der Waals surface area contributed by atoms with Crippen LogP contribution in [0, 0.1) is 23.7 Å². The molecule has 3 nitrogen and oxygen atoms in total. The summed E-state index contributed by atoms with van der Waals surface area (Å²) in [5.74, 6) is 0.505. The van der Waals surface area contributed by atoms with Gasteiger partial charge in [0.05, 0.1) is 22.3 Å². The first kappa shape index (κ1) is 13.7. The molecular weight excluding hydrogens is 232 g/mol. The second kappa shape index (κ2) is 5.33. The minimum atomic E-state index is -1.06. The zero-order chi connectivity index (χ0) is 13.1. The maximum atomic E-state index is 12.1. The average Bonchev–Trinajstić information content (AvgIpc) is 2.26. The molecule has 0 fully saturated rings. The molecule has 0 heterocycles. The maximum absolute atomic E-state index is 12.1. The van der Waals surface area contributed by atoms with E-state index >= 15 is 0 Å². The molecule has 0 amide bonds. The van der Waals surface area contributed by atoms with E-state index in [2.05, 4.69) is 6.07 Å². The molecule has 2 N–H and O–H groups in total. The number of rotatable bonds is 4. The maximum Gasteiger partial charge on any atom is 0.0684 e. The average molecular weight is 250 g/mol. The van der Waals surface area contributed by atoms with Crippen LogP contribution in [0.25, 0.3) is 0 Å². The Labute approximate surface area is 105 Å². The van der Waals surface area contributed by atoms with Crippen molar-refractivity contribution in [2.24, 2.45) is 5.41 Å². The van der Waals surface area contributed by atoms with E-state index in [4.69, 9.17) is 11.0 Å². The smallest absolute Gasteiger partial charge is 0.0684 e. The number of nitriles is 1. The van der Waals surface area contributed by atoms with Crippen LogP contribution in [0.15, 0.2) is 23.1 Å². The highest BCUT2D eigenvalue weighted by Crippen LogP contribution is 2.22. The third-order valence-electron chi connectivity index (χ3n) is 2.66. The third kappa shape index (κ3) is 3.86. The number of benzene rings is 1. The van der Waals surface area contributed by atoms with Gasteiger partial charge in [0.1, 0.15) is 0 Å². The van der Waals surface area contributed by atoms with Crippen LogP contribution < -0.4 is 5.73 Å². The minimum absolute atomic E-state index is 0.419. The molecule has 0 aliphatic rings. The highest BCUT2D eigenvalue weighted by atomic mass is 32.2. The van der Waals surface area contributed by atoms with E-state index in [1.54, 1.807) is 12.1 Å². The van der Waals surface area contributed by atoms with Gasteiger partial charge in [-0.1, -0.05) is 0 Å². The van der Waals surface area contributed by atoms with Gasteiger partial charge in [-0.15, -0.1) is 0 Å². The van der Waals surface area contributed by atoms with Crippen molar-refractivity contribution < 1.29 is 4.21 Å². The quantitative estimate of drug-likeness (QED) is 0.835. The standard InChI is InChI=1S/C13H18N2OS/c1-10-8-11(15)4-5-12(10)17(16)7-6-13(2,3)9-14/h4-5,8H,6-7,15H2,1-3H3. The highest BCUT2D eigenvalue weighted by Gasteiger charge is 2.18. The van der Waals surface area contributed by atoms with Crippen molar-refractivity contribution in [1.82, 2.24) is 0 Å². The number of nitrogen functional groups attached to an aromatic ring is 1. The summed E-state index contributed by atoms with van der Waals surface area (Å²) in [5, 5.41) is 8.90. The molecular formula is C13H18N2OS. The van der Waals surface area contributed by atoms with Crippen molar-refractivity contribution in [2.75, 3.05) is 11.5 Å². The highest BCUT2D eigenvalue weighted by molar-refractivity contribution is 7.85. The van der Waals surface area contributed by atoms with E-state index in [0.29, 0.717) is 17.9 Å². The van der Waals surface area contributed by atoms with E-state index in [1.165, 1.54) is 0 Å². The molecule has 1 rings (SSSR count). The molecule has 0 saturated heterocycles. The summed E-state index contributed by atoms with van der Waals surface area (Å²) >= 11 is 0. The second-order valence-corrected chi connectivity index (χ2v) is 6.36. The summed E-state index contributed by atoms with van der Waals surface area (Å²) in [5.41, 5.74) is 6.85. The Kier molecular flexibility index (Phi) is 4.30. The zero-order valence-corrected chi connectivity index (χ0v) is 11.3. The Hall–Kier alpha value is -1.34. The van der Waals surface area contributed by atoms with E-state index in [1.807, 2.05) is 26.8 Å². The molecule has 0 radical (unpaired) electrons. The van der Waals surface area contributed by atoms with Crippen molar-refractivity contribution in [3.05, 3.63) is 23.8 Å². The summed E-state index contributed by atoms with van der Waals surface area (Å²) in [6.45, 7) is 5.62. The summed E-state index contributed by atoms with van der Waals surface area (Å²) in [4.78, 5) is 0.813. The lowest BCUT2D eigenvalue weighted by Gasteiger charge is -2.14. The van der Waals surface area contributed by atoms with Crippen LogP contribution in [0.3, 0.4) is 0 Å². The minimum Gasteiger partial charge on any atom is -0.399 e. The van der Waals surface area contributed by atoms with Crippen LogP contribution >= 0.6 is 0 Å². The number of nitrogens with two attached hydrogens (primary N) is 1. The van der Waals surface area contributed by atoms with Gasteiger partial charge in [0.25, 0.3) is 0 Å². The molecule has 0 bridgehead atoms. The van der Waals surface area contributed by atoms with Crippen LogP contribution in [0.4, 0.5) is 5.69 Å². The van der Waals surface area contributed by atoms with Crippen molar-refractivity contribution >= 4 is 16.5 Å². The summed E-state index contributed by atoms with van der Waals surface area (Å²) in [7, 11) is -1.06. The molecule has 0 spiro atoms. The molecule has 0 saturated carbocycles. The summed E-state index contributed by atoms with van der Waals surface area (Å²) < 4.78 is 12.1. The lowest BCUT2D eigenvalue weighted by molar-refractivity contribution is 0.479. The Morgan fingerprint density at radius 3 is 2.65 bits per heavy atom. The van der Waals surface area contributed by atoms with E-state index in [0.717, 1.165) is 10.5 Å². The van der Waals surface area contributed by atoms with Gasteiger partial charge in [0, 0.05) is 16.3 Å². The van der Waals surface area contributed by atoms with E-state index in [-0.39, 0.29) is 0 Å². The van der Waals surface area contributed by atoms with Crippen LogP contribution in [0.1, 0.15) is 25.8 Å². The molecule has 92 valence electrons. The summed E-state index contributed by atoms with van der Waals surface area (Å²) in [6.07, 6.45) is 0.625. The Morgan fingerprint density at radius 2 is 2.12 bits per heavy atom. The number of anilines is 1. The van der Waals surface area contributed by atoms with Crippen molar-refractivity contribution in [3.8, 4) is 6.07 Å². The fourth-order valence-corrected chi connectivity index (χ4v) is 3.00. The predicted octanol–water partition coefficient (Wildman–Crippen LogP) is 2.62. The SMILES string of the molecule is Cc1cc(N)ccc1S(=O)CCC(C)(C)C#N. The molecule has 1 atom stereocenters. The largest absolute Gasteiger partial charge is 0.399 e. The molecule has 1 aromatic rings. The van der Waals surface area contributed by atoms with Gasteiger partial charge in [-0.3, -0.25) is 4.21 Å². The van der Waals surface area contributed by atoms with Crippen LogP contribution in [-0.4, -0.2) is 9.96 Å². The van der Waals surface area contributed by atoms with Gasteiger partial charge in [0.2, 0.25) is 0 Å². The fraction of sp³-hybridized carbons (Fsp3) is 0.462. The van der Waals surface area contributed by atoms with Gasteiger partial charge < -0.3 is 5.73 Å². The number of nitrogens with zero attached hydrogens (tertiary/aromatic N) is 1. The van der Waals surface area contributed by atoms with Gasteiger partial charge in [-0.05, 0) is 51.0 Å². The Bertz CT molecular complexity index is 475. The first-order valence-electron chi connectivity index (χ1n) is 5.51. The third-order valence-corrected chi connectivity index (χ3v) is 4.18. The van der Waals surface area contributed by atoms with Gasteiger partial charge in [0.15, 0.2) is 0 Å². The molecule has 0 aliphatic carbocycles. The lowest BCUT2D eigenvalue weighted by atomic mass is 9.93. The molecule has 4 heteroatoms. The normalized spacial score (nSPS) is 13.1. The van der Waals surface area contributed by atoms with Crippen LogP contribution in [-0.2, 0) is 10.8 Å². The molecule has 1 aromatic carbocycles. The summed E-state index contributed by atoms with van der Waals surface area (Å²) in [6, 6.07) is 7.60. The van der Waals surface area contributed by atoms with Gasteiger partial charge in [-0.2, -0.15) is 5.26 Å². The predicted molar refractivity (Wildman–Crippen MR) is 70.9 cm³/mol. The van der Waals surface area contributed by atoms with E-state index < -0.39 is 16.2 Å². The van der Waals surface area contributed by atoms with E-state index in [9.17, 15) is 4.21 Å². The van der Waals surface area contributed by atoms with Crippen LogP contribution in [0.2, 0.25) is 0 Å². The molecule has 1 unspecified atom stereocenters. The van der Waals surface area contributed by atoms with Gasteiger partial charge in [-0.25, -0.2) is 0 Å². The Balaban J connectivity index is 2.75. The molecule has 0 aliphatic heterocycles. The zero-order valence-electron chi connectivity index (χ0n) is 10.5. The van der Waals surface area contributed by atoms with Gasteiger partial charge >= 0.3 is 0 Å². The van der Waals surface area contributed by atoms with Crippen molar-refractivity contribution in [3.63, 3.8) is 0 Å². The molecule has 17 heavy (non-hydrogen) atoms. The fourth-order valence-electron chi connectivity index (χ4n) is 1.44. The first-order chi connectivity index (χ1) is 7.85. The number of hydrogen-bond acceptors (Lipinski definition) is 3. The molecule has 0 aromatic heterocycles.